The van der Waals surface area contributed by atoms with Crippen molar-refractivity contribution in [1.29, 1.82) is 0 Å². The Morgan fingerprint density at radius 1 is 1.42 bits per heavy atom. The lowest BCUT2D eigenvalue weighted by atomic mass is 9.90. The van der Waals surface area contributed by atoms with E-state index in [0.29, 0.717) is 0 Å². The molecule has 0 amide bonds. The minimum Gasteiger partial charge on any atom is -0.427 e. The van der Waals surface area contributed by atoms with Crippen LogP contribution in [0.4, 0.5) is 0 Å². The smallest absolute Gasteiger partial charge is 0.221 e. The highest BCUT2D eigenvalue weighted by atomic mass is 16.4. The van der Waals surface area contributed by atoms with E-state index < -0.39 is 0 Å². The van der Waals surface area contributed by atoms with Gasteiger partial charge >= 0.3 is 0 Å². The molecule has 0 spiro atoms. The molecule has 1 rings (SSSR count). The third-order valence-electron chi connectivity index (χ3n) is 1.82. The topological polar surface area (TPSA) is 38.9 Å². The maximum atomic E-state index is 5.07. The van der Waals surface area contributed by atoms with E-state index in [2.05, 4.69) is 31.0 Å². The molecule has 0 aliphatic rings. The zero-order chi connectivity index (χ0) is 9.61. The van der Waals surface area contributed by atoms with E-state index in [0.717, 1.165) is 12.3 Å². The lowest BCUT2D eigenvalue weighted by molar-refractivity contribution is 0.360. The van der Waals surface area contributed by atoms with Crippen LogP contribution in [-0.4, -0.2) is 10.2 Å². The Morgan fingerprint density at radius 2 is 2.00 bits per heavy atom. The van der Waals surface area contributed by atoms with Crippen LogP contribution in [0.3, 0.4) is 0 Å². The molecule has 0 aliphatic heterocycles. The van der Waals surface area contributed by atoms with Crippen LogP contribution in [0.2, 0.25) is 0 Å². The van der Waals surface area contributed by atoms with E-state index in [-0.39, 0.29) is 5.41 Å². The van der Waals surface area contributed by atoms with Gasteiger partial charge in [-0.2, -0.15) is 0 Å². The highest BCUT2D eigenvalue weighted by Crippen LogP contribution is 2.23. The van der Waals surface area contributed by atoms with Gasteiger partial charge in [0.1, 0.15) is 0 Å². The molecular weight excluding hydrogens is 152 g/mol. The van der Waals surface area contributed by atoms with Gasteiger partial charge in [-0.05, 0) is 6.42 Å². The van der Waals surface area contributed by atoms with Crippen molar-refractivity contribution in [2.45, 2.75) is 46.5 Å². The summed E-state index contributed by atoms with van der Waals surface area (Å²) in [6, 6.07) is 0. The number of hydrogen-bond donors (Lipinski definition) is 0. The van der Waals surface area contributed by atoms with Crippen LogP contribution in [0, 0.1) is 0 Å². The summed E-state index contributed by atoms with van der Waals surface area (Å²) in [6.45, 7) is 10.3. The molecule has 70 valence electrons. The van der Waals surface area contributed by atoms with Crippen LogP contribution < -0.4 is 0 Å². The van der Waals surface area contributed by atoms with Crippen molar-refractivity contribution in [2.24, 2.45) is 0 Å². The minimum atomic E-state index is 0.0243. The SMILES string of the molecule is CC.CCC(C)(C)c1nnco1. The van der Waals surface area contributed by atoms with E-state index in [1.807, 2.05) is 13.8 Å². The first-order chi connectivity index (χ1) is 5.67. The van der Waals surface area contributed by atoms with Gasteiger partial charge in [0.15, 0.2) is 0 Å². The van der Waals surface area contributed by atoms with Crippen molar-refractivity contribution in [3.8, 4) is 0 Å². The van der Waals surface area contributed by atoms with Gasteiger partial charge in [0.2, 0.25) is 12.3 Å². The Hall–Kier alpha value is -0.860. The Morgan fingerprint density at radius 3 is 2.33 bits per heavy atom. The van der Waals surface area contributed by atoms with Crippen LogP contribution in [-0.2, 0) is 5.41 Å². The second-order valence-corrected chi connectivity index (χ2v) is 2.98. The summed E-state index contributed by atoms with van der Waals surface area (Å²) >= 11 is 0. The maximum absolute atomic E-state index is 5.07. The summed E-state index contributed by atoms with van der Waals surface area (Å²) in [7, 11) is 0. The molecule has 0 aliphatic carbocycles. The molecule has 1 aromatic rings. The first-order valence-corrected chi connectivity index (χ1v) is 4.43. The summed E-state index contributed by atoms with van der Waals surface area (Å²) in [6.07, 6.45) is 2.38. The van der Waals surface area contributed by atoms with Gasteiger partial charge in [-0.15, -0.1) is 10.2 Å². The molecule has 0 N–H and O–H groups in total. The van der Waals surface area contributed by atoms with Crippen LogP contribution in [0.5, 0.6) is 0 Å². The second-order valence-electron chi connectivity index (χ2n) is 2.98. The number of aromatic nitrogens is 2. The fourth-order valence-corrected chi connectivity index (χ4v) is 0.619. The fraction of sp³-hybridized carbons (Fsp3) is 0.778. The normalized spacial score (nSPS) is 10.4. The summed E-state index contributed by atoms with van der Waals surface area (Å²) in [5.74, 6) is 0.718. The number of rotatable bonds is 2. The minimum absolute atomic E-state index is 0.0243. The predicted octanol–water partition coefficient (Wildman–Crippen LogP) is 2.78. The van der Waals surface area contributed by atoms with Crippen molar-refractivity contribution >= 4 is 0 Å². The highest BCUT2D eigenvalue weighted by molar-refractivity contribution is 4.95. The third kappa shape index (κ3) is 2.64. The number of hydrogen-bond acceptors (Lipinski definition) is 3. The Labute approximate surface area is 74.2 Å². The van der Waals surface area contributed by atoms with Crippen LogP contribution >= 0.6 is 0 Å². The van der Waals surface area contributed by atoms with Crippen molar-refractivity contribution < 1.29 is 4.42 Å². The molecule has 0 aromatic carbocycles. The highest BCUT2D eigenvalue weighted by Gasteiger charge is 2.23. The van der Waals surface area contributed by atoms with Crippen molar-refractivity contribution in [1.82, 2.24) is 10.2 Å². The fourth-order valence-electron chi connectivity index (χ4n) is 0.619. The van der Waals surface area contributed by atoms with Crippen molar-refractivity contribution in [2.75, 3.05) is 0 Å². The molecule has 0 bridgehead atoms. The third-order valence-corrected chi connectivity index (χ3v) is 1.82. The molecule has 0 saturated heterocycles. The predicted molar refractivity (Wildman–Crippen MR) is 49.0 cm³/mol. The first-order valence-electron chi connectivity index (χ1n) is 4.43. The zero-order valence-corrected chi connectivity index (χ0v) is 8.59. The molecule has 1 aromatic heterocycles. The van der Waals surface area contributed by atoms with Crippen molar-refractivity contribution in [3.05, 3.63) is 12.3 Å². The van der Waals surface area contributed by atoms with Crippen LogP contribution in [0.15, 0.2) is 10.8 Å². The molecule has 0 radical (unpaired) electrons. The average molecular weight is 170 g/mol. The zero-order valence-electron chi connectivity index (χ0n) is 8.59. The van der Waals surface area contributed by atoms with Gasteiger partial charge in [0, 0.05) is 5.41 Å². The Bertz CT molecular complexity index is 192. The van der Waals surface area contributed by atoms with Crippen molar-refractivity contribution in [3.63, 3.8) is 0 Å². The molecule has 0 saturated carbocycles. The summed E-state index contributed by atoms with van der Waals surface area (Å²) in [5.41, 5.74) is 0.0243. The quantitative estimate of drug-likeness (QED) is 0.685. The lowest BCUT2D eigenvalue weighted by Crippen LogP contribution is -2.15. The van der Waals surface area contributed by atoms with Gasteiger partial charge in [-0.25, -0.2) is 0 Å². The van der Waals surface area contributed by atoms with E-state index in [9.17, 15) is 0 Å². The Balaban J connectivity index is 0.000000561. The molecule has 0 atom stereocenters. The molecule has 3 nitrogen and oxygen atoms in total. The van der Waals surface area contributed by atoms with Gasteiger partial charge in [-0.1, -0.05) is 34.6 Å². The molecular formula is C9H18N2O. The van der Waals surface area contributed by atoms with Crippen LogP contribution in [0.25, 0.3) is 0 Å². The first kappa shape index (κ1) is 11.1. The summed E-state index contributed by atoms with van der Waals surface area (Å²) in [4.78, 5) is 0. The Kier molecular flexibility index (Phi) is 4.55. The van der Waals surface area contributed by atoms with E-state index in [1.54, 1.807) is 0 Å². The van der Waals surface area contributed by atoms with Gasteiger partial charge in [0.05, 0.1) is 0 Å². The molecule has 0 fully saturated rings. The van der Waals surface area contributed by atoms with Gasteiger partial charge in [0.25, 0.3) is 0 Å². The maximum Gasteiger partial charge on any atom is 0.221 e. The molecule has 12 heavy (non-hydrogen) atoms. The van der Waals surface area contributed by atoms with E-state index in [4.69, 9.17) is 4.42 Å². The molecule has 3 heteroatoms. The van der Waals surface area contributed by atoms with Gasteiger partial charge in [-0.3, -0.25) is 0 Å². The largest absolute Gasteiger partial charge is 0.427 e. The second kappa shape index (κ2) is 4.91. The monoisotopic (exact) mass is 170 g/mol. The van der Waals surface area contributed by atoms with Crippen LogP contribution in [0.1, 0.15) is 46.9 Å². The lowest BCUT2D eigenvalue weighted by Gasteiger charge is -2.15. The standard InChI is InChI=1S/C7H12N2O.C2H6/c1-4-7(2,3)6-9-8-5-10-6;1-2/h5H,4H2,1-3H3;1-2H3. The van der Waals surface area contributed by atoms with E-state index >= 15 is 0 Å². The van der Waals surface area contributed by atoms with E-state index in [1.165, 1.54) is 6.39 Å². The molecule has 0 unspecified atom stereocenters. The average Bonchev–Trinajstić information content (AvgIpc) is 2.61. The summed E-state index contributed by atoms with van der Waals surface area (Å²) < 4.78 is 5.07. The molecule has 1 heterocycles. The summed E-state index contributed by atoms with van der Waals surface area (Å²) in [5, 5.41) is 7.46. The van der Waals surface area contributed by atoms with Gasteiger partial charge < -0.3 is 4.42 Å². The number of nitrogens with zero attached hydrogens (tertiary/aromatic N) is 2.